The van der Waals surface area contributed by atoms with Gasteiger partial charge < -0.3 is 15.4 Å². The van der Waals surface area contributed by atoms with Crippen molar-refractivity contribution >= 4 is 28.5 Å². The highest BCUT2D eigenvalue weighted by Gasteiger charge is 2.15. The fourth-order valence-corrected chi connectivity index (χ4v) is 2.19. The van der Waals surface area contributed by atoms with E-state index < -0.39 is 5.97 Å². The van der Waals surface area contributed by atoms with E-state index in [-0.39, 0.29) is 23.7 Å². The number of fused-ring (bicyclic) bond motifs is 1. The Kier molecular flexibility index (Phi) is 3.15. The molecule has 0 radical (unpaired) electrons. The van der Waals surface area contributed by atoms with Gasteiger partial charge in [-0.3, -0.25) is 9.89 Å². The number of hydrogen-bond donors (Lipinski definition) is 4. The number of rotatable bonds is 4. The zero-order valence-electron chi connectivity index (χ0n) is 10.9. The second-order valence-corrected chi connectivity index (χ2v) is 4.55. The van der Waals surface area contributed by atoms with Crippen LogP contribution in [0.15, 0.2) is 36.7 Å². The Morgan fingerprint density at radius 3 is 2.90 bits per heavy atom. The predicted octanol–water partition coefficient (Wildman–Crippen LogP) is 1.77. The smallest absolute Gasteiger partial charge is 0.356 e. The molecule has 0 spiro atoms. The number of benzene rings is 1. The van der Waals surface area contributed by atoms with Gasteiger partial charge in [0.2, 0.25) is 5.91 Å². The van der Waals surface area contributed by atoms with Crippen LogP contribution in [-0.2, 0) is 11.2 Å². The summed E-state index contributed by atoms with van der Waals surface area (Å²) in [4.78, 5) is 26.1. The highest BCUT2D eigenvalue weighted by atomic mass is 16.4. The van der Waals surface area contributed by atoms with E-state index in [1.165, 1.54) is 6.20 Å². The molecule has 7 nitrogen and oxygen atoms in total. The Hall–Kier alpha value is -3.09. The largest absolute Gasteiger partial charge is 0.476 e. The molecule has 0 fully saturated rings. The topological polar surface area (TPSA) is 111 Å². The number of anilines is 1. The van der Waals surface area contributed by atoms with Gasteiger partial charge in [-0.05, 0) is 11.6 Å². The maximum atomic E-state index is 12.0. The van der Waals surface area contributed by atoms with E-state index in [2.05, 4.69) is 20.5 Å². The van der Waals surface area contributed by atoms with Gasteiger partial charge in [-0.2, -0.15) is 5.10 Å². The van der Waals surface area contributed by atoms with Crippen molar-refractivity contribution in [3.63, 3.8) is 0 Å². The van der Waals surface area contributed by atoms with Crippen LogP contribution in [0.5, 0.6) is 0 Å². The van der Waals surface area contributed by atoms with E-state index in [1.807, 2.05) is 24.3 Å². The lowest BCUT2D eigenvalue weighted by Gasteiger charge is -2.03. The molecule has 0 saturated carbocycles. The van der Waals surface area contributed by atoms with E-state index in [0.717, 1.165) is 16.5 Å². The first-order chi connectivity index (χ1) is 10.1. The molecule has 1 aromatic carbocycles. The van der Waals surface area contributed by atoms with Crippen LogP contribution in [0.25, 0.3) is 10.9 Å². The maximum Gasteiger partial charge on any atom is 0.356 e. The fourth-order valence-electron chi connectivity index (χ4n) is 2.19. The molecule has 3 rings (SSSR count). The highest BCUT2D eigenvalue weighted by Crippen LogP contribution is 2.19. The number of carbonyl (C=O) groups excluding carboxylic acids is 1. The number of H-pyrrole nitrogens is 2. The number of carboxylic acids is 1. The van der Waals surface area contributed by atoms with Crippen molar-refractivity contribution in [3.8, 4) is 0 Å². The molecular weight excluding hydrogens is 272 g/mol. The first-order valence-corrected chi connectivity index (χ1v) is 6.26. The van der Waals surface area contributed by atoms with Gasteiger partial charge in [0, 0.05) is 17.1 Å². The SMILES string of the molecule is O=C(Cc1c[nH]c2ccccc12)Nc1cn[nH]c1C(=O)O. The summed E-state index contributed by atoms with van der Waals surface area (Å²) < 4.78 is 0. The Balaban J connectivity index is 1.78. The summed E-state index contributed by atoms with van der Waals surface area (Å²) in [5.74, 6) is -1.47. The van der Waals surface area contributed by atoms with Gasteiger partial charge >= 0.3 is 5.97 Å². The molecule has 2 aromatic heterocycles. The van der Waals surface area contributed by atoms with E-state index in [1.54, 1.807) is 6.20 Å². The van der Waals surface area contributed by atoms with Gasteiger partial charge in [0.05, 0.1) is 18.3 Å². The van der Waals surface area contributed by atoms with Gasteiger partial charge in [0.25, 0.3) is 0 Å². The Morgan fingerprint density at radius 1 is 1.29 bits per heavy atom. The van der Waals surface area contributed by atoms with Crippen molar-refractivity contribution in [2.24, 2.45) is 0 Å². The Labute approximate surface area is 119 Å². The molecule has 0 unspecified atom stereocenters. The minimum atomic E-state index is -1.17. The highest BCUT2D eigenvalue weighted by molar-refractivity contribution is 6.00. The molecule has 0 aliphatic heterocycles. The molecule has 0 aliphatic rings. The molecule has 1 amide bonds. The van der Waals surface area contributed by atoms with Crippen LogP contribution >= 0.6 is 0 Å². The van der Waals surface area contributed by atoms with Crippen LogP contribution in [0.4, 0.5) is 5.69 Å². The van der Waals surface area contributed by atoms with Gasteiger partial charge in [-0.25, -0.2) is 4.79 Å². The molecule has 21 heavy (non-hydrogen) atoms. The second-order valence-electron chi connectivity index (χ2n) is 4.55. The molecule has 0 bridgehead atoms. The average Bonchev–Trinajstić information content (AvgIpc) is 3.06. The average molecular weight is 284 g/mol. The lowest BCUT2D eigenvalue weighted by atomic mass is 10.1. The Bertz CT molecular complexity index is 818. The Morgan fingerprint density at radius 2 is 2.10 bits per heavy atom. The third kappa shape index (κ3) is 2.48. The summed E-state index contributed by atoms with van der Waals surface area (Å²) in [6, 6.07) is 7.66. The quantitative estimate of drug-likeness (QED) is 0.585. The number of nitrogens with one attached hydrogen (secondary N) is 3. The molecule has 0 atom stereocenters. The maximum absolute atomic E-state index is 12.0. The van der Waals surface area contributed by atoms with E-state index >= 15 is 0 Å². The summed E-state index contributed by atoms with van der Waals surface area (Å²) in [6.07, 6.45) is 3.20. The third-order valence-electron chi connectivity index (χ3n) is 3.15. The normalized spacial score (nSPS) is 10.7. The zero-order chi connectivity index (χ0) is 14.8. The number of amides is 1. The van der Waals surface area contributed by atoms with Gasteiger partial charge in [0.15, 0.2) is 5.69 Å². The first kappa shape index (κ1) is 12.9. The lowest BCUT2D eigenvalue weighted by molar-refractivity contribution is -0.115. The monoisotopic (exact) mass is 284 g/mol. The number of para-hydroxylation sites is 1. The van der Waals surface area contributed by atoms with Gasteiger partial charge in [-0.1, -0.05) is 18.2 Å². The summed E-state index contributed by atoms with van der Waals surface area (Å²) >= 11 is 0. The number of carbonyl (C=O) groups is 2. The van der Waals surface area contributed by atoms with Crippen molar-refractivity contribution in [2.45, 2.75) is 6.42 Å². The third-order valence-corrected chi connectivity index (χ3v) is 3.15. The van der Waals surface area contributed by atoms with Gasteiger partial charge in [-0.15, -0.1) is 0 Å². The summed E-state index contributed by atoms with van der Waals surface area (Å²) in [5.41, 5.74) is 1.83. The van der Waals surface area contributed by atoms with E-state index in [0.29, 0.717) is 0 Å². The van der Waals surface area contributed by atoms with Crippen LogP contribution in [0, 0.1) is 0 Å². The van der Waals surface area contributed by atoms with Crippen LogP contribution in [0.2, 0.25) is 0 Å². The first-order valence-electron chi connectivity index (χ1n) is 6.26. The van der Waals surface area contributed by atoms with Crippen LogP contribution in [0.1, 0.15) is 16.1 Å². The fraction of sp³-hybridized carbons (Fsp3) is 0.0714. The molecule has 0 saturated heterocycles. The second kappa shape index (κ2) is 5.12. The molecule has 0 aliphatic carbocycles. The van der Waals surface area contributed by atoms with Crippen LogP contribution in [0.3, 0.4) is 0 Å². The summed E-state index contributed by atoms with van der Waals surface area (Å²) in [5, 5.41) is 18.4. The van der Waals surface area contributed by atoms with Crippen molar-refractivity contribution < 1.29 is 14.7 Å². The number of aromatic nitrogens is 3. The number of carboxylic acid groups (broad SMARTS) is 1. The number of nitrogens with zero attached hydrogens (tertiary/aromatic N) is 1. The number of aromatic carboxylic acids is 1. The van der Waals surface area contributed by atoms with Crippen molar-refractivity contribution in [2.75, 3.05) is 5.32 Å². The predicted molar refractivity (Wildman–Crippen MR) is 76.2 cm³/mol. The van der Waals surface area contributed by atoms with E-state index in [9.17, 15) is 9.59 Å². The van der Waals surface area contributed by atoms with Crippen molar-refractivity contribution in [1.82, 2.24) is 15.2 Å². The number of hydrogen-bond acceptors (Lipinski definition) is 3. The number of aromatic amines is 2. The van der Waals surface area contributed by atoms with Crippen molar-refractivity contribution in [1.29, 1.82) is 0 Å². The minimum Gasteiger partial charge on any atom is -0.476 e. The molecule has 2 heterocycles. The molecule has 4 N–H and O–H groups in total. The summed E-state index contributed by atoms with van der Waals surface area (Å²) in [7, 11) is 0. The minimum absolute atomic E-state index is 0.137. The molecule has 106 valence electrons. The lowest BCUT2D eigenvalue weighted by Crippen LogP contribution is -2.16. The van der Waals surface area contributed by atoms with Crippen LogP contribution in [-0.4, -0.2) is 32.2 Å². The molecular formula is C14H12N4O3. The standard InChI is InChI=1S/C14H12N4O3/c19-12(17-11-7-16-18-13(11)14(20)21)5-8-6-15-10-4-2-1-3-9(8)10/h1-4,6-7,15H,5H2,(H,16,18)(H,17,19)(H,20,21). The van der Waals surface area contributed by atoms with Crippen LogP contribution < -0.4 is 5.32 Å². The summed E-state index contributed by atoms with van der Waals surface area (Å²) in [6.45, 7) is 0. The molecule has 7 heteroatoms. The van der Waals surface area contributed by atoms with Gasteiger partial charge in [0.1, 0.15) is 0 Å². The zero-order valence-corrected chi connectivity index (χ0v) is 10.9. The van der Waals surface area contributed by atoms with E-state index in [4.69, 9.17) is 5.11 Å². The molecule has 3 aromatic rings. The van der Waals surface area contributed by atoms with Crippen molar-refractivity contribution in [3.05, 3.63) is 47.9 Å².